The van der Waals surface area contributed by atoms with E-state index in [1.165, 1.54) is 57.8 Å². The lowest BCUT2D eigenvalue weighted by Crippen LogP contribution is -2.49. The van der Waals surface area contributed by atoms with Gasteiger partial charge in [-0.15, -0.1) is 6.58 Å². The lowest BCUT2D eigenvalue weighted by Gasteiger charge is -2.57. The lowest BCUT2D eigenvalue weighted by molar-refractivity contribution is -0.0442. The van der Waals surface area contributed by atoms with E-state index in [1.54, 1.807) is 5.57 Å². The van der Waals surface area contributed by atoms with E-state index in [0.29, 0.717) is 23.5 Å². The molecular weight excluding hydrogens is 280 g/mol. The molecule has 0 amide bonds. The molecule has 0 unspecified atom stereocenters. The number of allylic oxidation sites excluding steroid dienone is 1. The molecule has 23 heavy (non-hydrogen) atoms. The molecule has 0 N–H and O–H groups in total. The highest BCUT2D eigenvalue weighted by atomic mass is 16.5. The van der Waals surface area contributed by atoms with Gasteiger partial charge in [-0.25, -0.2) is 0 Å². The molecule has 0 spiro atoms. The molecule has 1 nitrogen and oxygen atoms in total. The molecule has 0 heterocycles. The number of ether oxygens (including phenoxy) is 1. The van der Waals surface area contributed by atoms with Gasteiger partial charge in [0.2, 0.25) is 0 Å². The molecule has 3 fully saturated rings. The van der Waals surface area contributed by atoms with Gasteiger partial charge in [0, 0.05) is 0 Å². The lowest BCUT2D eigenvalue weighted by atomic mass is 9.48. The molecule has 3 saturated carbocycles. The highest BCUT2D eigenvalue weighted by Crippen LogP contribution is 2.64. The van der Waals surface area contributed by atoms with Gasteiger partial charge in [-0.2, -0.15) is 0 Å². The second kappa shape index (κ2) is 5.76. The Morgan fingerprint density at radius 2 is 2.04 bits per heavy atom. The Hall–Kier alpha value is -0.560. The van der Waals surface area contributed by atoms with Crippen LogP contribution in [0.5, 0.6) is 0 Å². The van der Waals surface area contributed by atoms with E-state index in [2.05, 4.69) is 26.5 Å². The quantitative estimate of drug-likeness (QED) is 0.588. The van der Waals surface area contributed by atoms with Crippen LogP contribution >= 0.6 is 0 Å². The highest BCUT2D eigenvalue weighted by molar-refractivity contribution is 5.25. The van der Waals surface area contributed by atoms with Crippen molar-refractivity contribution in [3.8, 4) is 0 Å². The monoisotopic (exact) mass is 314 g/mol. The van der Waals surface area contributed by atoms with E-state index in [0.717, 1.165) is 17.8 Å². The van der Waals surface area contributed by atoms with Crippen LogP contribution in [-0.2, 0) is 4.74 Å². The van der Waals surface area contributed by atoms with Gasteiger partial charge in [0.25, 0.3) is 0 Å². The summed E-state index contributed by atoms with van der Waals surface area (Å²) in [7, 11) is 0. The van der Waals surface area contributed by atoms with E-state index in [1.807, 2.05) is 6.08 Å². The molecule has 4 aliphatic carbocycles. The average molecular weight is 315 g/mol. The van der Waals surface area contributed by atoms with Crippen LogP contribution in [0.2, 0.25) is 0 Å². The minimum Gasteiger partial charge on any atom is -0.374 e. The fourth-order valence-corrected chi connectivity index (χ4v) is 6.97. The van der Waals surface area contributed by atoms with Gasteiger partial charge in [-0.1, -0.05) is 38.0 Å². The first-order valence-electron chi connectivity index (χ1n) is 9.99. The maximum atomic E-state index is 5.99. The molecule has 0 aliphatic heterocycles. The third-order valence-corrected chi connectivity index (χ3v) is 8.29. The minimum absolute atomic E-state index is 0.434. The van der Waals surface area contributed by atoms with Crippen LogP contribution in [0.4, 0.5) is 0 Å². The molecule has 4 rings (SSSR count). The van der Waals surface area contributed by atoms with Gasteiger partial charge in [-0.3, -0.25) is 0 Å². The fourth-order valence-electron chi connectivity index (χ4n) is 6.97. The zero-order chi connectivity index (χ0) is 16.1. The molecule has 128 valence electrons. The third-order valence-electron chi connectivity index (χ3n) is 8.29. The van der Waals surface area contributed by atoms with Crippen molar-refractivity contribution in [3.05, 3.63) is 24.3 Å². The first-order chi connectivity index (χ1) is 11.1. The number of hydrogen-bond donors (Lipinski definition) is 0. The standard InChI is InChI=1S/C22H34O/c1-4-14-23-17-9-13-22(3)16(15-17)7-8-18-19-6-5-11-21(19,2)12-10-20(18)22/h4,7,17-20H,1,5-6,8-15H2,2-3H3/t17-,18+,19+,20+,21-,22-/m0/s1. The van der Waals surface area contributed by atoms with Crippen molar-refractivity contribution in [2.24, 2.45) is 28.6 Å². The van der Waals surface area contributed by atoms with Crippen molar-refractivity contribution < 1.29 is 4.74 Å². The summed E-state index contributed by atoms with van der Waals surface area (Å²) in [4.78, 5) is 0. The predicted octanol–water partition coefficient (Wildman–Crippen LogP) is 5.91. The van der Waals surface area contributed by atoms with E-state index in [9.17, 15) is 0 Å². The Morgan fingerprint density at radius 3 is 2.87 bits per heavy atom. The minimum atomic E-state index is 0.434. The van der Waals surface area contributed by atoms with Crippen LogP contribution in [0.3, 0.4) is 0 Å². The van der Waals surface area contributed by atoms with Crippen LogP contribution in [0, 0.1) is 28.6 Å². The third kappa shape index (κ3) is 2.46. The van der Waals surface area contributed by atoms with Crippen LogP contribution in [0.15, 0.2) is 24.3 Å². The van der Waals surface area contributed by atoms with Crippen molar-refractivity contribution in [2.45, 2.75) is 77.7 Å². The summed E-state index contributed by atoms with van der Waals surface area (Å²) in [5.41, 5.74) is 2.88. The summed E-state index contributed by atoms with van der Waals surface area (Å²) in [5.74, 6) is 2.92. The molecule has 0 aromatic carbocycles. The summed E-state index contributed by atoms with van der Waals surface area (Å²) in [6.45, 7) is 9.70. The average Bonchev–Trinajstić information content (AvgIpc) is 2.94. The van der Waals surface area contributed by atoms with Crippen molar-refractivity contribution in [3.63, 3.8) is 0 Å². The summed E-state index contributed by atoms with van der Waals surface area (Å²) in [6.07, 6.45) is 17.5. The van der Waals surface area contributed by atoms with Gasteiger partial charge >= 0.3 is 0 Å². The number of fused-ring (bicyclic) bond motifs is 5. The Kier molecular flexibility index (Phi) is 3.99. The van der Waals surface area contributed by atoms with Crippen LogP contribution in [0.1, 0.15) is 71.6 Å². The second-order valence-electron chi connectivity index (χ2n) is 9.33. The van der Waals surface area contributed by atoms with E-state index < -0.39 is 0 Å². The Bertz CT molecular complexity index is 506. The smallest absolute Gasteiger partial charge is 0.0648 e. The topological polar surface area (TPSA) is 9.23 Å². The van der Waals surface area contributed by atoms with Crippen molar-refractivity contribution >= 4 is 0 Å². The molecule has 1 heteroatoms. The van der Waals surface area contributed by atoms with Gasteiger partial charge < -0.3 is 4.74 Å². The number of rotatable bonds is 3. The number of hydrogen-bond acceptors (Lipinski definition) is 1. The molecule has 6 atom stereocenters. The zero-order valence-electron chi connectivity index (χ0n) is 15.2. The van der Waals surface area contributed by atoms with Crippen molar-refractivity contribution in [1.82, 2.24) is 0 Å². The van der Waals surface area contributed by atoms with Crippen LogP contribution in [0.25, 0.3) is 0 Å². The summed E-state index contributed by atoms with van der Waals surface area (Å²) < 4.78 is 5.99. The Morgan fingerprint density at radius 1 is 1.17 bits per heavy atom. The predicted molar refractivity (Wildman–Crippen MR) is 96.3 cm³/mol. The van der Waals surface area contributed by atoms with Gasteiger partial charge in [0.1, 0.15) is 0 Å². The second-order valence-corrected chi connectivity index (χ2v) is 9.33. The molecule has 4 aliphatic rings. The SMILES string of the molecule is C=CCO[C@H]1CC[C@@]2(C)C(=CC[C@@H]3[C@H]4CCC[C@@]4(C)CC[C@H]32)C1. The Labute approximate surface area is 142 Å². The maximum Gasteiger partial charge on any atom is 0.0648 e. The summed E-state index contributed by atoms with van der Waals surface area (Å²) in [6, 6.07) is 0. The van der Waals surface area contributed by atoms with E-state index in [4.69, 9.17) is 4.74 Å². The Balaban J connectivity index is 1.56. The highest BCUT2D eigenvalue weighted by Gasteiger charge is 2.55. The van der Waals surface area contributed by atoms with Crippen molar-refractivity contribution in [2.75, 3.05) is 6.61 Å². The van der Waals surface area contributed by atoms with Crippen LogP contribution in [-0.4, -0.2) is 12.7 Å². The van der Waals surface area contributed by atoms with Gasteiger partial charge in [-0.05, 0) is 80.0 Å². The summed E-state index contributed by atoms with van der Waals surface area (Å²) >= 11 is 0. The zero-order valence-corrected chi connectivity index (χ0v) is 15.2. The van der Waals surface area contributed by atoms with Gasteiger partial charge in [0.05, 0.1) is 12.7 Å². The fraction of sp³-hybridized carbons (Fsp3) is 0.818. The molecule has 0 aromatic rings. The van der Waals surface area contributed by atoms with Crippen LogP contribution < -0.4 is 0 Å². The van der Waals surface area contributed by atoms with Crippen molar-refractivity contribution in [1.29, 1.82) is 0 Å². The first-order valence-corrected chi connectivity index (χ1v) is 9.99. The molecule has 0 bridgehead atoms. The van der Waals surface area contributed by atoms with E-state index in [-0.39, 0.29) is 0 Å². The van der Waals surface area contributed by atoms with Gasteiger partial charge in [0.15, 0.2) is 0 Å². The first kappa shape index (κ1) is 15.9. The molecule has 0 saturated heterocycles. The largest absolute Gasteiger partial charge is 0.374 e. The maximum absolute atomic E-state index is 5.99. The van der Waals surface area contributed by atoms with E-state index >= 15 is 0 Å². The molecule has 0 radical (unpaired) electrons. The normalized spacial score (nSPS) is 48.9. The molecular formula is C22H34O. The summed E-state index contributed by atoms with van der Waals surface area (Å²) in [5, 5.41) is 0. The molecule has 0 aromatic heterocycles.